The van der Waals surface area contributed by atoms with E-state index in [0.717, 1.165) is 6.07 Å². The number of benzene rings is 1. The summed E-state index contributed by atoms with van der Waals surface area (Å²) in [5, 5.41) is 16.7. The van der Waals surface area contributed by atoms with Crippen LogP contribution in [-0.2, 0) is 15.4 Å². The Morgan fingerprint density at radius 3 is 2.59 bits per heavy atom. The van der Waals surface area contributed by atoms with Crippen LogP contribution >= 0.6 is 11.3 Å². The van der Waals surface area contributed by atoms with Crippen molar-refractivity contribution in [3.05, 3.63) is 46.7 Å². The molecule has 2 aromatic rings. The highest BCUT2D eigenvalue weighted by Gasteiger charge is 2.30. The number of halogens is 2. The molecule has 0 amide bonds. The normalized spacial score (nSPS) is 14.8. The number of thiophene rings is 1. The van der Waals surface area contributed by atoms with Gasteiger partial charge in [-0.25, -0.2) is 8.42 Å². The van der Waals surface area contributed by atoms with Crippen molar-refractivity contribution in [3.8, 4) is 0 Å². The summed E-state index contributed by atoms with van der Waals surface area (Å²) < 4.78 is 48.7. The van der Waals surface area contributed by atoms with E-state index in [1.807, 2.05) is 0 Å². The zero-order valence-corrected chi connectivity index (χ0v) is 13.3. The molecule has 0 radical (unpaired) electrons. The van der Waals surface area contributed by atoms with Crippen LogP contribution in [-0.4, -0.2) is 25.8 Å². The fourth-order valence-corrected chi connectivity index (χ4v) is 3.59. The molecule has 0 fully saturated rings. The zero-order chi connectivity index (χ0) is 16.4. The topological polar surface area (TPSA) is 66.4 Å². The number of sulfone groups is 1. The lowest BCUT2D eigenvalue weighted by molar-refractivity contribution is 0.0719. The molecule has 2 N–H and O–H groups in total. The van der Waals surface area contributed by atoms with Crippen LogP contribution in [0.1, 0.15) is 12.5 Å². The SMILES string of the molecule is CC(O)(CNc1ccccc1S(=O)(=O)C(F)F)c1ccsc1. The Kier molecular flexibility index (Phi) is 4.84. The van der Waals surface area contributed by atoms with Crippen molar-refractivity contribution in [2.45, 2.75) is 23.2 Å². The molecule has 0 bridgehead atoms. The van der Waals surface area contributed by atoms with Gasteiger partial charge in [-0.05, 0) is 41.4 Å². The molecule has 0 saturated heterocycles. The van der Waals surface area contributed by atoms with Crippen LogP contribution in [0.2, 0.25) is 0 Å². The monoisotopic (exact) mass is 347 g/mol. The van der Waals surface area contributed by atoms with Crippen molar-refractivity contribution >= 4 is 26.9 Å². The van der Waals surface area contributed by atoms with Crippen molar-refractivity contribution in [1.29, 1.82) is 0 Å². The Bertz CT molecular complexity index is 728. The molecule has 8 heteroatoms. The number of nitrogens with one attached hydrogen (secondary N) is 1. The van der Waals surface area contributed by atoms with E-state index in [1.54, 1.807) is 23.8 Å². The van der Waals surface area contributed by atoms with E-state index < -0.39 is 26.1 Å². The summed E-state index contributed by atoms with van der Waals surface area (Å²) in [5.74, 6) is -3.49. The number of alkyl halides is 2. The number of hydrogen-bond acceptors (Lipinski definition) is 5. The maximum atomic E-state index is 12.7. The lowest BCUT2D eigenvalue weighted by atomic mass is 9.99. The van der Waals surface area contributed by atoms with Crippen LogP contribution in [0.5, 0.6) is 0 Å². The Morgan fingerprint density at radius 2 is 2.00 bits per heavy atom. The highest BCUT2D eigenvalue weighted by Crippen LogP contribution is 2.28. The maximum Gasteiger partial charge on any atom is 0.341 e. The Balaban J connectivity index is 2.25. The molecule has 1 unspecified atom stereocenters. The van der Waals surface area contributed by atoms with Gasteiger partial charge in [-0.1, -0.05) is 12.1 Å². The van der Waals surface area contributed by atoms with Gasteiger partial charge in [0.15, 0.2) is 0 Å². The summed E-state index contributed by atoms with van der Waals surface area (Å²) in [5.41, 5.74) is -0.542. The van der Waals surface area contributed by atoms with E-state index in [-0.39, 0.29) is 12.2 Å². The summed E-state index contributed by atoms with van der Waals surface area (Å²) in [4.78, 5) is -0.480. The van der Waals surface area contributed by atoms with Crippen molar-refractivity contribution in [1.82, 2.24) is 0 Å². The van der Waals surface area contributed by atoms with Crippen LogP contribution in [0, 0.1) is 0 Å². The minimum absolute atomic E-state index is 0.0144. The minimum atomic E-state index is -4.70. The number of anilines is 1. The summed E-state index contributed by atoms with van der Waals surface area (Å²) in [6, 6.07) is 7.15. The van der Waals surface area contributed by atoms with Gasteiger partial charge in [0.25, 0.3) is 0 Å². The molecular weight excluding hydrogens is 332 g/mol. The van der Waals surface area contributed by atoms with E-state index >= 15 is 0 Å². The second kappa shape index (κ2) is 6.31. The summed E-state index contributed by atoms with van der Waals surface area (Å²) in [6.07, 6.45) is 0. The van der Waals surface area contributed by atoms with Crippen molar-refractivity contribution in [2.75, 3.05) is 11.9 Å². The second-order valence-electron chi connectivity index (χ2n) is 4.94. The Morgan fingerprint density at radius 1 is 1.32 bits per heavy atom. The summed E-state index contributed by atoms with van der Waals surface area (Å²) in [7, 11) is -4.70. The average Bonchev–Trinajstić information content (AvgIpc) is 3.00. The number of para-hydroxylation sites is 1. The van der Waals surface area contributed by atoms with Gasteiger partial charge in [0, 0.05) is 6.54 Å². The van der Waals surface area contributed by atoms with Crippen LogP contribution in [0.4, 0.5) is 14.5 Å². The highest BCUT2D eigenvalue weighted by atomic mass is 32.2. The molecule has 1 aromatic heterocycles. The van der Waals surface area contributed by atoms with Gasteiger partial charge in [-0.15, -0.1) is 0 Å². The van der Waals surface area contributed by atoms with Crippen molar-refractivity contribution in [3.63, 3.8) is 0 Å². The van der Waals surface area contributed by atoms with Gasteiger partial charge in [-0.3, -0.25) is 0 Å². The zero-order valence-electron chi connectivity index (χ0n) is 11.7. The minimum Gasteiger partial charge on any atom is -0.384 e. The van der Waals surface area contributed by atoms with Crippen molar-refractivity contribution < 1.29 is 22.3 Å². The van der Waals surface area contributed by atoms with Gasteiger partial charge in [0.1, 0.15) is 5.60 Å². The molecule has 1 aromatic carbocycles. The van der Waals surface area contributed by atoms with Gasteiger partial charge >= 0.3 is 5.76 Å². The third-order valence-corrected chi connectivity index (χ3v) is 5.32. The van der Waals surface area contributed by atoms with Crippen LogP contribution < -0.4 is 5.32 Å². The third-order valence-electron chi connectivity index (χ3n) is 3.19. The van der Waals surface area contributed by atoms with E-state index in [4.69, 9.17) is 0 Å². The molecule has 22 heavy (non-hydrogen) atoms. The van der Waals surface area contributed by atoms with Gasteiger partial charge in [0.05, 0.1) is 10.6 Å². The molecule has 0 aliphatic heterocycles. The van der Waals surface area contributed by atoms with Gasteiger partial charge in [-0.2, -0.15) is 20.1 Å². The Hall–Kier alpha value is -1.51. The fourth-order valence-electron chi connectivity index (χ4n) is 1.90. The molecule has 0 aliphatic carbocycles. The lowest BCUT2D eigenvalue weighted by Crippen LogP contribution is -2.30. The first kappa shape index (κ1) is 16.9. The predicted octanol–water partition coefficient (Wildman–Crippen LogP) is 3.06. The first-order chi connectivity index (χ1) is 10.2. The maximum absolute atomic E-state index is 12.7. The largest absolute Gasteiger partial charge is 0.384 e. The molecule has 0 aliphatic rings. The quantitative estimate of drug-likeness (QED) is 0.843. The first-order valence-corrected chi connectivity index (χ1v) is 8.84. The molecule has 0 saturated carbocycles. The van der Waals surface area contributed by atoms with Crippen LogP contribution in [0.25, 0.3) is 0 Å². The number of aliphatic hydroxyl groups is 1. The average molecular weight is 347 g/mol. The van der Waals surface area contributed by atoms with Crippen molar-refractivity contribution in [2.24, 2.45) is 0 Å². The van der Waals surface area contributed by atoms with Gasteiger partial charge in [0.2, 0.25) is 9.84 Å². The molecule has 0 spiro atoms. The molecular formula is C14H15F2NO3S2. The number of hydrogen-bond donors (Lipinski definition) is 2. The van der Waals surface area contributed by atoms with E-state index in [2.05, 4.69) is 5.32 Å². The van der Waals surface area contributed by atoms with Gasteiger partial charge < -0.3 is 10.4 Å². The smallest absolute Gasteiger partial charge is 0.341 e. The first-order valence-electron chi connectivity index (χ1n) is 6.35. The molecule has 4 nitrogen and oxygen atoms in total. The van der Waals surface area contributed by atoms with Crippen LogP contribution in [0.3, 0.4) is 0 Å². The summed E-state index contributed by atoms with van der Waals surface area (Å²) >= 11 is 1.42. The molecule has 1 heterocycles. The fraction of sp³-hybridized carbons (Fsp3) is 0.286. The summed E-state index contributed by atoms with van der Waals surface area (Å²) in [6.45, 7) is 1.55. The Labute approximate surface area is 131 Å². The highest BCUT2D eigenvalue weighted by molar-refractivity contribution is 7.91. The molecule has 1 atom stereocenters. The predicted molar refractivity (Wildman–Crippen MR) is 82.0 cm³/mol. The third kappa shape index (κ3) is 3.45. The number of rotatable bonds is 6. The molecule has 2 rings (SSSR count). The lowest BCUT2D eigenvalue weighted by Gasteiger charge is -2.24. The van der Waals surface area contributed by atoms with E-state index in [9.17, 15) is 22.3 Å². The van der Waals surface area contributed by atoms with Crippen LogP contribution in [0.15, 0.2) is 46.0 Å². The standard InChI is InChI=1S/C14H15F2NO3S2/c1-14(18,10-6-7-21-8-10)9-17-11-4-2-3-5-12(11)22(19,20)13(15)16/h2-8,13,17-18H,9H2,1H3. The molecule has 120 valence electrons. The second-order valence-corrected chi connectivity index (χ2v) is 7.61. The van der Waals surface area contributed by atoms with E-state index in [0.29, 0.717) is 5.56 Å². The van der Waals surface area contributed by atoms with E-state index in [1.165, 1.54) is 29.5 Å².